The van der Waals surface area contributed by atoms with Crippen LogP contribution in [0.25, 0.3) is 0 Å². The molecule has 2 fully saturated rings. The number of halogens is 1. The molecule has 2 heterocycles. The van der Waals surface area contributed by atoms with Crippen LogP contribution in [-0.2, 0) is 12.0 Å². The highest BCUT2D eigenvalue weighted by atomic mass is 32.2. The van der Waals surface area contributed by atoms with Gasteiger partial charge in [-0.3, -0.25) is 0 Å². The van der Waals surface area contributed by atoms with Crippen LogP contribution in [0.2, 0.25) is 0 Å². The summed E-state index contributed by atoms with van der Waals surface area (Å²) in [7, 11) is 0. The van der Waals surface area contributed by atoms with Crippen molar-refractivity contribution in [2.75, 3.05) is 0 Å². The molecule has 106 valence electrons. The first-order chi connectivity index (χ1) is 9.60. The van der Waals surface area contributed by atoms with Crippen LogP contribution >= 0.6 is 11.8 Å². The Bertz CT molecular complexity index is 542. The standard InChI is InChI=1S/C16H18FNOS/c17-15-5-4-12(8-11(15)6-7-18)16(19)9-13-2-1-3-14(10-16)20-13/h4-5,8,13-14,19H,1-3,6,9-10H2. The highest BCUT2D eigenvalue weighted by Gasteiger charge is 2.42. The lowest BCUT2D eigenvalue weighted by Gasteiger charge is -2.44. The number of nitriles is 1. The number of rotatable bonds is 2. The number of benzene rings is 1. The summed E-state index contributed by atoms with van der Waals surface area (Å²) in [6.07, 6.45) is 5.11. The molecular weight excluding hydrogens is 273 g/mol. The van der Waals surface area contributed by atoms with Gasteiger partial charge in [-0.25, -0.2) is 4.39 Å². The Kier molecular flexibility index (Phi) is 3.74. The van der Waals surface area contributed by atoms with Crippen molar-refractivity contribution >= 4 is 11.8 Å². The van der Waals surface area contributed by atoms with E-state index in [0.29, 0.717) is 16.1 Å². The lowest BCUT2D eigenvalue weighted by molar-refractivity contribution is 0.00801. The van der Waals surface area contributed by atoms with Gasteiger partial charge in [0, 0.05) is 16.1 Å². The Morgan fingerprint density at radius 1 is 1.35 bits per heavy atom. The molecule has 1 aromatic carbocycles. The zero-order valence-electron chi connectivity index (χ0n) is 11.3. The third kappa shape index (κ3) is 2.57. The highest BCUT2D eigenvalue weighted by Crippen LogP contribution is 2.49. The van der Waals surface area contributed by atoms with E-state index in [1.54, 1.807) is 12.1 Å². The summed E-state index contributed by atoms with van der Waals surface area (Å²) in [5.41, 5.74) is 0.321. The zero-order chi connectivity index (χ0) is 14.2. The largest absolute Gasteiger partial charge is 0.385 e. The molecular formula is C16H18FNOS. The van der Waals surface area contributed by atoms with Gasteiger partial charge >= 0.3 is 0 Å². The number of nitrogens with zero attached hydrogens (tertiary/aromatic N) is 1. The zero-order valence-corrected chi connectivity index (χ0v) is 12.1. The third-order valence-electron chi connectivity index (χ3n) is 4.42. The third-order valence-corrected chi connectivity index (χ3v) is 5.99. The van der Waals surface area contributed by atoms with E-state index in [9.17, 15) is 9.50 Å². The Hall–Kier alpha value is -1.05. The van der Waals surface area contributed by atoms with Crippen molar-refractivity contribution in [3.8, 4) is 6.07 Å². The van der Waals surface area contributed by atoms with Crippen LogP contribution in [0.3, 0.4) is 0 Å². The van der Waals surface area contributed by atoms with Gasteiger partial charge in [-0.1, -0.05) is 12.5 Å². The Morgan fingerprint density at radius 2 is 2.05 bits per heavy atom. The van der Waals surface area contributed by atoms with Gasteiger partial charge in [-0.2, -0.15) is 17.0 Å². The molecule has 2 bridgehead atoms. The molecule has 2 nitrogen and oxygen atoms in total. The van der Waals surface area contributed by atoms with Crippen LogP contribution in [0.5, 0.6) is 0 Å². The smallest absolute Gasteiger partial charge is 0.127 e. The molecule has 2 aliphatic heterocycles. The fourth-order valence-electron chi connectivity index (χ4n) is 3.44. The second kappa shape index (κ2) is 5.38. The molecule has 0 amide bonds. The first kappa shape index (κ1) is 13.9. The molecule has 0 radical (unpaired) electrons. The maximum atomic E-state index is 13.6. The normalized spacial score (nSPS) is 32.6. The van der Waals surface area contributed by atoms with Gasteiger partial charge in [0.2, 0.25) is 0 Å². The quantitative estimate of drug-likeness (QED) is 0.906. The van der Waals surface area contributed by atoms with E-state index < -0.39 is 5.60 Å². The lowest BCUT2D eigenvalue weighted by atomic mass is 9.80. The topological polar surface area (TPSA) is 44.0 Å². The second-order valence-electron chi connectivity index (χ2n) is 5.89. The van der Waals surface area contributed by atoms with Crippen molar-refractivity contribution < 1.29 is 9.50 Å². The summed E-state index contributed by atoms with van der Waals surface area (Å²) in [6, 6.07) is 6.74. The number of fused-ring (bicyclic) bond motifs is 2. The number of thioether (sulfide) groups is 1. The van der Waals surface area contributed by atoms with E-state index in [0.717, 1.165) is 31.2 Å². The van der Waals surface area contributed by atoms with Crippen molar-refractivity contribution in [3.05, 3.63) is 35.1 Å². The predicted molar refractivity (Wildman–Crippen MR) is 77.9 cm³/mol. The van der Waals surface area contributed by atoms with Crippen LogP contribution in [0.15, 0.2) is 18.2 Å². The SMILES string of the molecule is N#CCc1cc(C2(O)CC3CCCC(C2)S3)ccc1F. The van der Waals surface area contributed by atoms with Crippen molar-refractivity contribution in [1.82, 2.24) is 0 Å². The van der Waals surface area contributed by atoms with Crippen LogP contribution in [0, 0.1) is 17.1 Å². The van der Waals surface area contributed by atoms with Crippen LogP contribution < -0.4 is 0 Å². The molecule has 0 aliphatic carbocycles. The van der Waals surface area contributed by atoms with Crippen molar-refractivity contribution in [2.24, 2.45) is 0 Å². The van der Waals surface area contributed by atoms with Gasteiger partial charge < -0.3 is 5.11 Å². The summed E-state index contributed by atoms with van der Waals surface area (Å²) >= 11 is 2.00. The van der Waals surface area contributed by atoms with Crippen molar-refractivity contribution in [1.29, 1.82) is 5.26 Å². The van der Waals surface area contributed by atoms with Crippen LogP contribution in [0.1, 0.15) is 43.2 Å². The van der Waals surface area contributed by atoms with Crippen molar-refractivity contribution in [3.63, 3.8) is 0 Å². The minimum Gasteiger partial charge on any atom is -0.385 e. The molecule has 1 N–H and O–H groups in total. The van der Waals surface area contributed by atoms with Gasteiger partial charge in [-0.05, 0) is 43.4 Å². The molecule has 1 aromatic rings. The van der Waals surface area contributed by atoms with E-state index in [-0.39, 0.29) is 12.2 Å². The van der Waals surface area contributed by atoms with E-state index in [1.807, 2.05) is 17.8 Å². The van der Waals surface area contributed by atoms with Crippen LogP contribution in [0.4, 0.5) is 4.39 Å². The summed E-state index contributed by atoms with van der Waals surface area (Å²) in [6.45, 7) is 0. The first-order valence-electron chi connectivity index (χ1n) is 7.14. The second-order valence-corrected chi connectivity index (χ2v) is 7.50. The van der Waals surface area contributed by atoms with Gasteiger partial charge in [0.15, 0.2) is 0 Å². The van der Waals surface area contributed by atoms with Gasteiger partial charge in [0.05, 0.1) is 18.1 Å². The minimum atomic E-state index is -0.848. The molecule has 0 aromatic heterocycles. The summed E-state index contributed by atoms with van der Waals surface area (Å²) in [4.78, 5) is 0. The summed E-state index contributed by atoms with van der Waals surface area (Å²) in [5.74, 6) is -0.357. The molecule has 4 heteroatoms. The Balaban J connectivity index is 1.91. The summed E-state index contributed by atoms with van der Waals surface area (Å²) in [5, 5.41) is 20.8. The van der Waals surface area contributed by atoms with E-state index in [4.69, 9.17) is 5.26 Å². The van der Waals surface area contributed by atoms with Crippen LogP contribution in [-0.4, -0.2) is 15.6 Å². The maximum Gasteiger partial charge on any atom is 0.127 e. The predicted octanol–water partition coefficient (Wildman–Crippen LogP) is 3.53. The maximum absolute atomic E-state index is 13.6. The van der Waals surface area contributed by atoms with Gasteiger partial charge in [0.25, 0.3) is 0 Å². The average molecular weight is 291 g/mol. The number of hydrogen-bond acceptors (Lipinski definition) is 3. The monoisotopic (exact) mass is 291 g/mol. The molecule has 20 heavy (non-hydrogen) atoms. The number of hydrogen-bond donors (Lipinski definition) is 1. The Morgan fingerprint density at radius 3 is 2.70 bits per heavy atom. The molecule has 2 atom stereocenters. The van der Waals surface area contributed by atoms with Gasteiger partial charge in [0.1, 0.15) is 5.82 Å². The fraction of sp³-hybridized carbons (Fsp3) is 0.562. The van der Waals surface area contributed by atoms with E-state index >= 15 is 0 Å². The number of aliphatic hydroxyl groups is 1. The molecule has 0 spiro atoms. The average Bonchev–Trinajstić information content (AvgIpc) is 2.41. The molecule has 2 saturated heterocycles. The van der Waals surface area contributed by atoms with Crippen molar-refractivity contribution in [2.45, 2.75) is 54.6 Å². The molecule has 3 rings (SSSR count). The minimum absolute atomic E-state index is 0.0529. The fourth-order valence-corrected chi connectivity index (χ4v) is 5.33. The highest BCUT2D eigenvalue weighted by molar-refractivity contribution is 8.00. The molecule has 0 saturated carbocycles. The molecule has 2 unspecified atom stereocenters. The summed E-state index contributed by atoms with van der Waals surface area (Å²) < 4.78 is 13.6. The Labute approximate surface area is 123 Å². The first-order valence-corrected chi connectivity index (χ1v) is 8.09. The van der Waals surface area contributed by atoms with E-state index in [1.165, 1.54) is 12.5 Å². The van der Waals surface area contributed by atoms with Gasteiger partial charge in [-0.15, -0.1) is 0 Å². The molecule has 2 aliphatic rings. The van der Waals surface area contributed by atoms with E-state index in [2.05, 4.69) is 0 Å². The lowest BCUT2D eigenvalue weighted by Crippen LogP contribution is -2.40.